The maximum Gasteiger partial charge on any atom is 0.410 e. The fourth-order valence-corrected chi connectivity index (χ4v) is 6.10. The van der Waals surface area contributed by atoms with Gasteiger partial charge < -0.3 is 19.5 Å². The van der Waals surface area contributed by atoms with Crippen LogP contribution in [0.25, 0.3) is 11.0 Å². The van der Waals surface area contributed by atoms with Crippen LogP contribution in [-0.2, 0) is 4.74 Å². The zero-order chi connectivity index (χ0) is 20.7. The molecule has 2 aromatic rings. The number of benzene rings is 1. The average molecular weight is 413 g/mol. The summed E-state index contributed by atoms with van der Waals surface area (Å²) in [4.78, 5) is 32.4. The summed E-state index contributed by atoms with van der Waals surface area (Å²) in [5, 5.41) is 0. The quantitative estimate of drug-likeness (QED) is 0.836. The Morgan fingerprint density at radius 3 is 2.47 bits per heavy atom. The highest BCUT2D eigenvalue weighted by Gasteiger charge is 2.44. The minimum absolute atomic E-state index is 0.0116. The van der Waals surface area contributed by atoms with E-state index in [1.807, 2.05) is 40.7 Å². The standard InChI is InChI=1S/C23H32N4O3/c1-2-30-23(29)26-18-7-8-19(26)14-16(13-18)15-25-11-9-17(10-12-25)27-21-6-4-3-5-20(21)24-22(27)28/h3-6,16-19H,2,7-15H2,1H3,(H,24,28)/t16?,18-,19+. The summed E-state index contributed by atoms with van der Waals surface area (Å²) in [6.07, 6.45) is 6.33. The van der Waals surface area contributed by atoms with Gasteiger partial charge in [0.05, 0.1) is 17.6 Å². The van der Waals surface area contributed by atoms with Gasteiger partial charge in [-0.15, -0.1) is 0 Å². The van der Waals surface area contributed by atoms with Crippen LogP contribution < -0.4 is 5.69 Å². The molecule has 7 nitrogen and oxygen atoms in total. The predicted molar refractivity (Wildman–Crippen MR) is 116 cm³/mol. The number of carbonyl (C=O) groups excluding carboxylic acids is 1. The second-order valence-electron chi connectivity index (χ2n) is 9.18. The van der Waals surface area contributed by atoms with Crippen molar-refractivity contribution in [2.45, 2.75) is 63.6 Å². The van der Waals surface area contributed by atoms with Gasteiger partial charge in [-0.1, -0.05) is 12.1 Å². The Morgan fingerprint density at radius 2 is 1.77 bits per heavy atom. The van der Waals surface area contributed by atoms with Crippen molar-refractivity contribution < 1.29 is 9.53 Å². The maximum absolute atomic E-state index is 12.5. The number of amides is 1. The highest BCUT2D eigenvalue weighted by Crippen LogP contribution is 2.39. The van der Waals surface area contributed by atoms with Gasteiger partial charge in [0.25, 0.3) is 0 Å². The highest BCUT2D eigenvalue weighted by atomic mass is 16.6. The number of nitrogens with one attached hydrogen (secondary N) is 1. The van der Waals surface area contributed by atoms with Gasteiger partial charge in [-0.25, -0.2) is 9.59 Å². The molecule has 2 bridgehead atoms. The molecule has 1 aromatic carbocycles. The van der Waals surface area contributed by atoms with Crippen LogP contribution in [0.4, 0.5) is 4.79 Å². The van der Waals surface area contributed by atoms with Crippen LogP contribution in [0.3, 0.4) is 0 Å². The molecular formula is C23H32N4O3. The topological polar surface area (TPSA) is 70.6 Å². The van der Waals surface area contributed by atoms with Crippen molar-refractivity contribution in [2.24, 2.45) is 5.92 Å². The Bertz CT molecular complexity index is 945. The number of rotatable bonds is 4. The van der Waals surface area contributed by atoms with E-state index in [0.29, 0.717) is 24.6 Å². The van der Waals surface area contributed by atoms with E-state index in [-0.39, 0.29) is 17.8 Å². The lowest BCUT2D eigenvalue weighted by Crippen LogP contribution is -2.49. The number of piperidine rings is 2. The van der Waals surface area contributed by atoms with Crippen molar-refractivity contribution in [1.29, 1.82) is 0 Å². The summed E-state index contributed by atoms with van der Waals surface area (Å²) in [7, 11) is 0. The molecule has 3 saturated heterocycles. The van der Waals surface area contributed by atoms with Crippen molar-refractivity contribution in [3.05, 3.63) is 34.7 Å². The first-order valence-electron chi connectivity index (χ1n) is 11.5. The van der Waals surface area contributed by atoms with E-state index in [4.69, 9.17) is 4.74 Å². The van der Waals surface area contributed by atoms with E-state index >= 15 is 0 Å². The lowest BCUT2D eigenvalue weighted by molar-refractivity contribution is 0.0498. The van der Waals surface area contributed by atoms with E-state index in [1.54, 1.807) is 0 Å². The summed E-state index contributed by atoms with van der Waals surface area (Å²) >= 11 is 0. The second-order valence-corrected chi connectivity index (χ2v) is 9.18. The number of aromatic nitrogens is 2. The predicted octanol–water partition coefficient (Wildman–Crippen LogP) is 3.37. The van der Waals surface area contributed by atoms with Gasteiger partial charge in [-0.3, -0.25) is 4.57 Å². The Hall–Kier alpha value is -2.28. The van der Waals surface area contributed by atoms with Gasteiger partial charge in [-0.2, -0.15) is 0 Å². The second kappa shape index (κ2) is 8.10. The summed E-state index contributed by atoms with van der Waals surface area (Å²) in [5.74, 6) is 0.653. The fourth-order valence-electron chi connectivity index (χ4n) is 6.10. The van der Waals surface area contributed by atoms with Gasteiger partial charge in [-0.05, 0) is 63.5 Å². The van der Waals surface area contributed by atoms with Crippen molar-refractivity contribution in [2.75, 3.05) is 26.2 Å². The third-order valence-corrected chi connectivity index (χ3v) is 7.37. The molecule has 1 aromatic heterocycles. The normalized spacial score (nSPS) is 27.6. The zero-order valence-electron chi connectivity index (χ0n) is 17.8. The highest BCUT2D eigenvalue weighted by molar-refractivity contribution is 5.75. The zero-order valence-corrected chi connectivity index (χ0v) is 17.8. The average Bonchev–Trinajstić information content (AvgIpc) is 3.22. The number of ether oxygens (including phenoxy) is 1. The van der Waals surface area contributed by atoms with Gasteiger partial charge >= 0.3 is 11.8 Å². The summed E-state index contributed by atoms with van der Waals surface area (Å²) in [6, 6.07) is 8.95. The first kappa shape index (κ1) is 19.7. The Morgan fingerprint density at radius 1 is 1.07 bits per heavy atom. The molecule has 0 spiro atoms. The molecule has 1 unspecified atom stereocenters. The SMILES string of the molecule is CCOC(=O)N1[C@@H]2CC[C@H]1CC(CN1CCC(n3c(=O)[nH]c4ccccc43)CC1)C2. The Labute approximate surface area is 177 Å². The molecule has 3 fully saturated rings. The first-order chi connectivity index (χ1) is 14.6. The molecule has 1 amide bonds. The number of imidazole rings is 1. The van der Waals surface area contributed by atoms with Gasteiger partial charge in [0.15, 0.2) is 0 Å². The van der Waals surface area contributed by atoms with E-state index in [1.165, 1.54) is 0 Å². The number of carbonyl (C=O) groups is 1. The molecule has 30 heavy (non-hydrogen) atoms. The van der Waals surface area contributed by atoms with Gasteiger partial charge in [0.1, 0.15) is 0 Å². The Balaban J connectivity index is 1.18. The van der Waals surface area contributed by atoms with Crippen molar-refractivity contribution in [3.8, 4) is 0 Å². The number of hydrogen-bond donors (Lipinski definition) is 1. The smallest absolute Gasteiger partial charge is 0.410 e. The lowest BCUT2D eigenvalue weighted by atomic mass is 9.89. The third kappa shape index (κ3) is 3.53. The van der Waals surface area contributed by atoms with Gasteiger partial charge in [0.2, 0.25) is 0 Å². The van der Waals surface area contributed by atoms with E-state index in [2.05, 4.69) is 9.88 Å². The largest absolute Gasteiger partial charge is 0.450 e. The third-order valence-electron chi connectivity index (χ3n) is 7.37. The first-order valence-corrected chi connectivity index (χ1v) is 11.5. The molecular weight excluding hydrogens is 380 g/mol. The van der Waals surface area contributed by atoms with Crippen LogP contribution in [-0.4, -0.2) is 63.8 Å². The van der Waals surface area contributed by atoms with Crippen molar-refractivity contribution in [3.63, 3.8) is 0 Å². The molecule has 1 N–H and O–H groups in total. The molecule has 0 saturated carbocycles. The lowest BCUT2D eigenvalue weighted by Gasteiger charge is -2.41. The number of H-pyrrole nitrogens is 1. The summed E-state index contributed by atoms with van der Waals surface area (Å²) in [5.41, 5.74) is 1.95. The van der Waals surface area contributed by atoms with Crippen LogP contribution >= 0.6 is 0 Å². The minimum atomic E-state index is -0.117. The van der Waals surface area contributed by atoms with E-state index in [0.717, 1.165) is 69.2 Å². The minimum Gasteiger partial charge on any atom is -0.450 e. The van der Waals surface area contributed by atoms with Crippen molar-refractivity contribution in [1.82, 2.24) is 19.4 Å². The van der Waals surface area contributed by atoms with Crippen LogP contribution in [0, 0.1) is 5.92 Å². The fraction of sp³-hybridized carbons (Fsp3) is 0.652. The number of para-hydroxylation sites is 2. The molecule has 3 atom stereocenters. The monoisotopic (exact) mass is 412 g/mol. The number of aromatic amines is 1. The molecule has 7 heteroatoms. The molecule has 3 aliphatic rings. The van der Waals surface area contributed by atoms with Crippen LogP contribution in [0.1, 0.15) is 51.5 Å². The number of likely N-dealkylation sites (tertiary alicyclic amines) is 1. The Kier molecular flexibility index (Phi) is 5.31. The molecule has 162 valence electrons. The van der Waals surface area contributed by atoms with E-state index < -0.39 is 0 Å². The number of hydrogen-bond acceptors (Lipinski definition) is 4. The number of nitrogens with zero attached hydrogens (tertiary/aromatic N) is 3. The van der Waals surface area contributed by atoms with Gasteiger partial charge in [0, 0.05) is 37.8 Å². The molecule has 4 heterocycles. The van der Waals surface area contributed by atoms with Crippen LogP contribution in [0.2, 0.25) is 0 Å². The molecule has 0 radical (unpaired) electrons. The maximum atomic E-state index is 12.5. The van der Waals surface area contributed by atoms with Crippen molar-refractivity contribution >= 4 is 17.1 Å². The molecule has 5 rings (SSSR count). The van der Waals surface area contributed by atoms with Crippen LogP contribution in [0.15, 0.2) is 29.1 Å². The molecule has 0 aliphatic carbocycles. The van der Waals surface area contributed by atoms with Crippen LogP contribution in [0.5, 0.6) is 0 Å². The summed E-state index contributed by atoms with van der Waals surface area (Å²) in [6.45, 7) is 5.50. The number of fused-ring (bicyclic) bond motifs is 3. The molecule has 3 aliphatic heterocycles. The summed E-state index contributed by atoms with van der Waals surface area (Å²) < 4.78 is 7.24. The van der Waals surface area contributed by atoms with E-state index in [9.17, 15) is 9.59 Å².